The molecule has 7 nitrogen and oxygen atoms in total. The Morgan fingerprint density at radius 3 is 2.52 bits per heavy atom. The van der Waals surface area contributed by atoms with E-state index in [9.17, 15) is 4.79 Å². The molecule has 1 aliphatic rings. The number of guanidine groups is 2. The molecule has 1 aliphatic heterocycles. The van der Waals surface area contributed by atoms with E-state index in [0.717, 1.165) is 20.8 Å². The summed E-state index contributed by atoms with van der Waals surface area (Å²) in [5.41, 5.74) is 7.47. The monoisotopic (exact) mass is 479 g/mol. The van der Waals surface area contributed by atoms with Gasteiger partial charge in [-0.15, -0.1) is 0 Å². The molecule has 0 fully saturated rings. The summed E-state index contributed by atoms with van der Waals surface area (Å²) in [7, 11) is 3.79. The predicted molar refractivity (Wildman–Crippen MR) is 127 cm³/mol. The van der Waals surface area contributed by atoms with Crippen molar-refractivity contribution < 1.29 is 9.53 Å². The van der Waals surface area contributed by atoms with E-state index in [-0.39, 0.29) is 12.4 Å². The van der Waals surface area contributed by atoms with E-state index in [4.69, 9.17) is 10.5 Å². The minimum absolute atomic E-state index is 0.0175. The van der Waals surface area contributed by atoms with Gasteiger partial charge >= 0.3 is 0 Å². The van der Waals surface area contributed by atoms with Crippen molar-refractivity contribution in [2.75, 3.05) is 20.7 Å². The molecule has 0 spiro atoms. The number of hydrogen-bond acceptors (Lipinski definition) is 7. The molecule has 0 radical (unpaired) electrons. The van der Waals surface area contributed by atoms with Gasteiger partial charge in [0.25, 0.3) is 0 Å². The number of fused-ring (bicyclic) bond motifs is 1. The third-order valence-corrected chi connectivity index (χ3v) is 5.37. The lowest BCUT2D eigenvalue weighted by Crippen LogP contribution is -2.46. The van der Waals surface area contributed by atoms with Crippen molar-refractivity contribution >= 4 is 44.4 Å². The summed E-state index contributed by atoms with van der Waals surface area (Å²) in [6, 6.07) is 19.0. The lowest BCUT2D eigenvalue weighted by molar-refractivity contribution is 0.0921. The summed E-state index contributed by atoms with van der Waals surface area (Å²) < 4.78 is 6.66. The number of Topliss-reactive ketones (excluding diaryl/α,β-unsaturated/α-hetero) is 1. The zero-order valence-electron chi connectivity index (χ0n) is 17.2. The van der Waals surface area contributed by atoms with Gasteiger partial charge in [-0.05, 0) is 46.7 Å². The van der Waals surface area contributed by atoms with E-state index in [1.165, 1.54) is 0 Å². The average Bonchev–Trinajstić information content (AvgIpc) is 2.77. The molecule has 1 unspecified atom stereocenters. The van der Waals surface area contributed by atoms with Crippen molar-refractivity contribution in [3.8, 4) is 5.75 Å². The standard InChI is InChI=1S/C23H22BrN5O2/c1-29(2)23-27-21(26-22(25)28-23)17-4-3-16-12-19(10-7-15(16)11-17)31-13-20(30)14-5-8-18(24)9-6-14/h3-12,21H,13H2,1-2H3,(H3,25,26,27,28). The number of halogens is 1. The summed E-state index contributed by atoms with van der Waals surface area (Å²) in [5, 5.41) is 4.98. The van der Waals surface area contributed by atoms with Crippen LogP contribution in [0.3, 0.4) is 0 Å². The fourth-order valence-corrected chi connectivity index (χ4v) is 3.46. The minimum atomic E-state index is -0.400. The van der Waals surface area contributed by atoms with Gasteiger partial charge in [-0.25, -0.2) is 9.98 Å². The third-order valence-electron chi connectivity index (χ3n) is 4.84. The van der Waals surface area contributed by atoms with E-state index in [1.54, 1.807) is 12.1 Å². The second-order valence-electron chi connectivity index (χ2n) is 7.35. The molecule has 8 heteroatoms. The summed E-state index contributed by atoms with van der Waals surface area (Å²) >= 11 is 3.37. The quantitative estimate of drug-likeness (QED) is 0.544. The van der Waals surface area contributed by atoms with Gasteiger partial charge in [-0.1, -0.05) is 46.3 Å². The highest BCUT2D eigenvalue weighted by atomic mass is 79.9. The van der Waals surface area contributed by atoms with Gasteiger partial charge in [-0.2, -0.15) is 0 Å². The second-order valence-corrected chi connectivity index (χ2v) is 8.26. The van der Waals surface area contributed by atoms with Crippen LogP contribution in [0.1, 0.15) is 22.1 Å². The number of carbonyl (C=O) groups is 1. The van der Waals surface area contributed by atoms with E-state index in [0.29, 0.717) is 23.2 Å². The first-order valence-electron chi connectivity index (χ1n) is 9.70. The second kappa shape index (κ2) is 8.77. The van der Waals surface area contributed by atoms with Crippen LogP contribution in [0.15, 0.2) is 75.1 Å². The van der Waals surface area contributed by atoms with Crippen LogP contribution in [-0.2, 0) is 0 Å². The molecule has 31 heavy (non-hydrogen) atoms. The van der Waals surface area contributed by atoms with Gasteiger partial charge in [-0.3, -0.25) is 10.1 Å². The molecule has 3 aromatic rings. The number of hydrogen-bond donors (Lipinski definition) is 2. The number of carbonyl (C=O) groups excluding carboxylic acids is 1. The van der Waals surface area contributed by atoms with E-state index < -0.39 is 6.17 Å². The Kier molecular flexibility index (Phi) is 5.90. The molecule has 0 aliphatic carbocycles. The number of ether oxygens (including phenoxy) is 1. The zero-order valence-corrected chi connectivity index (χ0v) is 18.8. The summed E-state index contributed by atoms with van der Waals surface area (Å²) in [6.07, 6.45) is -0.400. The Bertz CT molecular complexity index is 1190. The Balaban J connectivity index is 1.50. The normalized spacial score (nSPS) is 15.6. The van der Waals surface area contributed by atoms with Crippen LogP contribution < -0.4 is 15.8 Å². The fourth-order valence-electron chi connectivity index (χ4n) is 3.19. The third kappa shape index (κ3) is 4.86. The molecule has 3 aromatic carbocycles. The summed E-state index contributed by atoms with van der Waals surface area (Å²) in [6.45, 7) is -0.0175. The number of nitrogens with one attached hydrogen (secondary N) is 1. The summed E-state index contributed by atoms with van der Waals surface area (Å²) in [4.78, 5) is 23.2. The van der Waals surface area contributed by atoms with Gasteiger partial charge in [0.2, 0.25) is 5.96 Å². The highest BCUT2D eigenvalue weighted by molar-refractivity contribution is 9.10. The Morgan fingerprint density at radius 1 is 1.06 bits per heavy atom. The largest absolute Gasteiger partial charge is 0.485 e. The molecular formula is C23H22BrN5O2. The van der Waals surface area contributed by atoms with Crippen molar-refractivity contribution in [2.24, 2.45) is 15.7 Å². The van der Waals surface area contributed by atoms with Crippen molar-refractivity contribution in [3.63, 3.8) is 0 Å². The SMILES string of the molecule is CN(C)C1=NC(c2ccc3cc(OCC(=O)c4ccc(Br)cc4)ccc3c2)N=C(N)N1. The van der Waals surface area contributed by atoms with Crippen molar-refractivity contribution in [2.45, 2.75) is 6.17 Å². The van der Waals surface area contributed by atoms with E-state index >= 15 is 0 Å². The number of ketones is 1. The topological polar surface area (TPSA) is 92.3 Å². The molecule has 0 saturated heterocycles. The highest BCUT2D eigenvalue weighted by Gasteiger charge is 2.18. The molecule has 0 bridgehead atoms. The molecule has 4 rings (SSSR count). The van der Waals surface area contributed by atoms with Crippen LogP contribution in [0.5, 0.6) is 5.75 Å². The maximum atomic E-state index is 12.3. The van der Waals surface area contributed by atoms with E-state index in [2.05, 4.69) is 31.2 Å². The van der Waals surface area contributed by atoms with Crippen LogP contribution in [0.4, 0.5) is 0 Å². The Hall–Kier alpha value is -3.39. The van der Waals surface area contributed by atoms with Gasteiger partial charge in [0.05, 0.1) is 0 Å². The van der Waals surface area contributed by atoms with Gasteiger partial charge in [0.15, 0.2) is 24.5 Å². The van der Waals surface area contributed by atoms with Gasteiger partial charge < -0.3 is 15.4 Å². The van der Waals surface area contributed by atoms with Crippen LogP contribution in [0.2, 0.25) is 0 Å². The van der Waals surface area contributed by atoms with Gasteiger partial charge in [0, 0.05) is 24.1 Å². The molecule has 3 N–H and O–H groups in total. The molecule has 0 aromatic heterocycles. The molecule has 0 amide bonds. The number of aliphatic imine (C=N–C) groups is 2. The Morgan fingerprint density at radius 2 is 1.77 bits per heavy atom. The molecular weight excluding hydrogens is 458 g/mol. The van der Waals surface area contributed by atoms with Crippen LogP contribution in [-0.4, -0.2) is 43.3 Å². The number of benzene rings is 3. The van der Waals surface area contributed by atoms with Crippen LogP contribution in [0, 0.1) is 0 Å². The summed E-state index contributed by atoms with van der Waals surface area (Å²) in [5.74, 6) is 1.57. The predicted octanol–water partition coefficient (Wildman–Crippen LogP) is 3.70. The maximum absolute atomic E-state index is 12.3. The maximum Gasteiger partial charge on any atom is 0.202 e. The molecule has 1 atom stereocenters. The van der Waals surface area contributed by atoms with Crippen molar-refractivity contribution in [3.05, 3.63) is 76.3 Å². The van der Waals surface area contributed by atoms with Gasteiger partial charge in [0.1, 0.15) is 5.75 Å². The number of nitrogens with two attached hydrogens (primary N) is 1. The smallest absolute Gasteiger partial charge is 0.202 e. The van der Waals surface area contributed by atoms with Crippen LogP contribution in [0.25, 0.3) is 10.8 Å². The lowest BCUT2D eigenvalue weighted by Gasteiger charge is -2.23. The number of nitrogens with zero attached hydrogens (tertiary/aromatic N) is 3. The highest BCUT2D eigenvalue weighted by Crippen LogP contribution is 2.27. The molecule has 0 saturated carbocycles. The minimum Gasteiger partial charge on any atom is -0.485 e. The number of rotatable bonds is 5. The first-order chi connectivity index (χ1) is 14.9. The Labute approximate surface area is 188 Å². The first-order valence-corrected chi connectivity index (χ1v) is 10.5. The fraction of sp³-hybridized carbons (Fsp3) is 0.174. The average molecular weight is 480 g/mol. The van der Waals surface area contributed by atoms with E-state index in [1.807, 2.05) is 67.5 Å². The van der Waals surface area contributed by atoms with Crippen molar-refractivity contribution in [1.82, 2.24) is 10.2 Å². The molecule has 1 heterocycles. The first kappa shape index (κ1) is 20.9. The lowest BCUT2D eigenvalue weighted by atomic mass is 10.1. The van der Waals surface area contributed by atoms with Crippen LogP contribution >= 0.6 is 15.9 Å². The van der Waals surface area contributed by atoms with Crippen molar-refractivity contribution in [1.29, 1.82) is 0 Å². The zero-order chi connectivity index (χ0) is 22.0. The molecule has 158 valence electrons.